The highest BCUT2D eigenvalue weighted by Gasteiger charge is 2.33. The highest BCUT2D eigenvalue weighted by atomic mass is 32.1. The Balaban J connectivity index is 1.74. The van der Waals surface area contributed by atoms with Crippen molar-refractivity contribution in [2.45, 2.75) is 32.4 Å². The molecular formula is C21H23F3N2O3S. The number of likely N-dealkylation sites (tertiary alicyclic amines) is 1. The van der Waals surface area contributed by atoms with Gasteiger partial charge in [0, 0.05) is 13.1 Å². The molecule has 1 aliphatic heterocycles. The molecule has 2 heterocycles. The summed E-state index contributed by atoms with van der Waals surface area (Å²) >= 11 is 1.34. The number of amides is 2. The first-order valence-corrected chi connectivity index (χ1v) is 10.6. The lowest BCUT2D eigenvalue weighted by atomic mass is 9.96. The average Bonchev–Trinajstić information content (AvgIpc) is 3.26. The van der Waals surface area contributed by atoms with Gasteiger partial charge in [-0.1, -0.05) is 13.0 Å². The smallest absolute Gasteiger partial charge is 0.416 e. The van der Waals surface area contributed by atoms with Gasteiger partial charge in [-0.3, -0.25) is 9.59 Å². The van der Waals surface area contributed by atoms with E-state index in [-0.39, 0.29) is 23.9 Å². The Labute approximate surface area is 176 Å². The molecule has 0 spiro atoms. The van der Waals surface area contributed by atoms with Gasteiger partial charge in [0.05, 0.1) is 28.7 Å². The normalized spacial score (nSPS) is 16.9. The maximum absolute atomic E-state index is 13.1. The van der Waals surface area contributed by atoms with Gasteiger partial charge in [0.15, 0.2) is 0 Å². The first-order valence-electron chi connectivity index (χ1n) is 9.77. The van der Waals surface area contributed by atoms with E-state index in [1.165, 1.54) is 17.4 Å². The lowest BCUT2D eigenvalue weighted by molar-refractivity contribution is -0.137. The molecule has 1 unspecified atom stereocenters. The van der Waals surface area contributed by atoms with Crippen molar-refractivity contribution >= 4 is 28.8 Å². The number of rotatable bonds is 6. The lowest BCUT2D eigenvalue weighted by Gasteiger charge is -2.32. The van der Waals surface area contributed by atoms with E-state index in [0.29, 0.717) is 37.3 Å². The van der Waals surface area contributed by atoms with Crippen LogP contribution in [0.4, 0.5) is 18.9 Å². The average molecular weight is 440 g/mol. The molecule has 0 bridgehead atoms. The molecule has 0 radical (unpaired) electrons. The summed E-state index contributed by atoms with van der Waals surface area (Å²) in [5.41, 5.74) is -0.871. The summed E-state index contributed by atoms with van der Waals surface area (Å²) in [6, 6.07) is 6.57. The zero-order chi connectivity index (χ0) is 21.7. The van der Waals surface area contributed by atoms with Crippen LogP contribution >= 0.6 is 11.3 Å². The van der Waals surface area contributed by atoms with Gasteiger partial charge in [0.25, 0.3) is 5.91 Å². The van der Waals surface area contributed by atoms with Crippen LogP contribution in [0.2, 0.25) is 0 Å². The fourth-order valence-corrected chi connectivity index (χ4v) is 4.00. The zero-order valence-corrected chi connectivity index (χ0v) is 17.3. The zero-order valence-electron chi connectivity index (χ0n) is 16.5. The third-order valence-electron chi connectivity index (χ3n) is 4.84. The number of nitrogens with zero attached hydrogens (tertiary/aromatic N) is 1. The molecular weight excluding hydrogens is 417 g/mol. The number of halogens is 3. The molecule has 0 aliphatic carbocycles. The largest absolute Gasteiger partial charge is 0.491 e. The Kier molecular flexibility index (Phi) is 7.02. The molecule has 1 saturated heterocycles. The Bertz CT molecular complexity index is 884. The van der Waals surface area contributed by atoms with Crippen molar-refractivity contribution in [2.75, 3.05) is 25.0 Å². The minimum atomic E-state index is -4.53. The molecule has 5 nitrogen and oxygen atoms in total. The van der Waals surface area contributed by atoms with Crippen molar-refractivity contribution < 1.29 is 27.5 Å². The maximum Gasteiger partial charge on any atom is 0.416 e. The molecule has 9 heteroatoms. The van der Waals surface area contributed by atoms with Crippen LogP contribution in [0.25, 0.3) is 0 Å². The third-order valence-corrected chi connectivity index (χ3v) is 5.70. The monoisotopic (exact) mass is 440 g/mol. The number of anilines is 1. The number of hydrogen-bond acceptors (Lipinski definition) is 4. The number of piperidine rings is 1. The number of nitrogens with one attached hydrogen (secondary N) is 1. The Morgan fingerprint density at radius 1 is 1.30 bits per heavy atom. The van der Waals surface area contributed by atoms with Crippen LogP contribution in [0.5, 0.6) is 5.75 Å². The highest BCUT2D eigenvalue weighted by Crippen LogP contribution is 2.35. The predicted octanol–water partition coefficient (Wildman–Crippen LogP) is 5.05. The number of carbonyl (C=O) groups excluding carboxylic acids is 2. The summed E-state index contributed by atoms with van der Waals surface area (Å²) in [5, 5.41) is 4.41. The van der Waals surface area contributed by atoms with Gasteiger partial charge in [-0.25, -0.2) is 0 Å². The van der Waals surface area contributed by atoms with Gasteiger partial charge in [0.2, 0.25) is 5.91 Å². The van der Waals surface area contributed by atoms with Crippen LogP contribution in [-0.2, 0) is 11.0 Å². The van der Waals surface area contributed by atoms with Crippen molar-refractivity contribution in [3.8, 4) is 5.75 Å². The molecule has 1 aliphatic rings. The van der Waals surface area contributed by atoms with Crippen LogP contribution in [-0.4, -0.2) is 36.4 Å². The minimum Gasteiger partial charge on any atom is -0.491 e. The summed E-state index contributed by atoms with van der Waals surface area (Å²) < 4.78 is 44.9. The fraction of sp³-hybridized carbons (Fsp3) is 0.429. The summed E-state index contributed by atoms with van der Waals surface area (Å²) in [7, 11) is 0. The second-order valence-corrected chi connectivity index (χ2v) is 8.06. The molecule has 0 saturated carbocycles. The predicted molar refractivity (Wildman–Crippen MR) is 109 cm³/mol. The van der Waals surface area contributed by atoms with E-state index in [0.717, 1.165) is 12.1 Å². The molecule has 1 fully saturated rings. The van der Waals surface area contributed by atoms with E-state index in [1.54, 1.807) is 17.0 Å². The summed E-state index contributed by atoms with van der Waals surface area (Å²) in [6.07, 6.45) is -2.64. The molecule has 1 N–H and O–H groups in total. The Hall–Kier alpha value is -2.55. The summed E-state index contributed by atoms with van der Waals surface area (Å²) in [4.78, 5) is 27.6. The van der Waals surface area contributed by atoms with Crippen molar-refractivity contribution in [1.82, 2.24) is 4.90 Å². The van der Waals surface area contributed by atoms with Gasteiger partial charge in [-0.05, 0) is 48.9 Å². The second kappa shape index (κ2) is 9.51. The van der Waals surface area contributed by atoms with Gasteiger partial charge in [0.1, 0.15) is 5.75 Å². The number of thiophene rings is 1. The van der Waals surface area contributed by atoms with Crippen LogP contribution in [0.15, 0.2) is 35.7 Å². The SMILES string of the molecule is CCCOc1ccc(C(F)(F)F)cc1NC(=O)C1CCCN(C(=O)c2cccs2)C1. The van der Waals surface area contributed by atoms with Crippen molar-refractivity contribution in [3.05, 3.63) is 46.2 Å². The van der Waals surface area contributed by atoms with E-state index >= 15 is 0 Å². The van der Waals surface area contributed by atoms with Gasteiger partial charge >= 0.3 is 6.18 Å². The lowest BCUT2D eigenvalue weighted by Crippen LogP contribution is -2.43. The van der Waals surface area contributed by atoms with Crippen molar-refractivity contribution in [1.29, 1.82) is 0 Å². The molecule has 2 aromatic rings. The molecule has 162 valence electrons. The molecule has 3 rings (SSSR count). The first-order chi connectivity index (χ1) is 14.3. The van der Waals surface area contributed by atoms with E-state index in [1.807, 2.05) is 12.3 Å². The van der Waals surface area contributed by atoms with Crippen LogP contribution in [0.3, 0.4) is 0 Å². The third kappa shape index (κ3) is 5.33. The number of ether oxygens (including phenoxy) is 1. The fourth-order valence-electron chi connectivity index (χ4n) is 3.31. The van der Waals surface area contributed by atoms with Crippen molar-refractivity contribution in [3.63, 3.8) is 0 Å². The topological polar surface area (TPSA) is 58.6 Å². The van der Waals surface area contributed by atoms with Crippen molar-refractivity contribution in [2.24, 2.45) is 5.92 Å². The van der Waals surface area contributed by atoms with E-state index in [4.69, 9.17) is 4.74 Å². The summed E-state index contributed by atoms with van der Waals surface area (Å²) in [6.45, 7) is 2.98. The number of alkyl halides is 3. The Morgan fingerprint density at radius 2 is 2.10 bits per heavy atom. The quantitative estimate of drug-likeness (QED) is 0.684. The van der Waals surface area contributed by atoms with Crippen LogP contribution < -0.4 is 10.1 Å². The molecule has 1 aromatic carbocycles. The van der Waals surface area contributed by atoms with E-state index in [2.05, 4.69) is 5.32 Å². The molecule has 1 atom stereocenters. The van der Waals surface area contributed by atoms with E-state index in [9.17, 15) is 22.8 Å². The summed E-state index contributed by atoms with van der Waals surface area (Å²) in [5.74, 6) is -0.857. The molecule has 30 heavy (non-hydrogen) atoms. The van der Waals surface area contributed by atoms with Gasteiger partial charge in [-0.15, -0.1) is 11.3 Å². The van der Waals surface area contributed by atoms with Crippen LogP contribution in [0.1, 0.15) is 41.4 Å². The van der Waals surface area contributed by atoms with Crippen LogP contribution in [0, 0.1) is 5.92 Å². The Morgan fingerprint density at radius 3 is 2.77 bits per heavy atom. The highest BCUT2D eigenvalue weighted by molar-refractivity contribution is 7.12. The van der Waals surface area contributed by atoms with Gasteiger partial charge in [-0.2, -0.15) is 13.2 Å². The number of benzene rings is 1. The number of carbonyl (C=O) groups is 2. The first kappa shape index (κ1) is 22.1. The number of hydrogen-bond donors (Lipinski definition) is 1. The maximum atomic E-state index is 13.1. The second-order valence-electron chi connectivity index (χ2n) is 7.11. The van der Waals surface area contributed by atoms with Gasteiger partial charge < -0.3 is 15.0 Å². The molecule has 1 aromatic heterocycles. The standard InChI is InChI=1S/C21H23F3N2O3S/c1-2-10-29-17-8-7-15(21(22,23)24)12-16(17)25-19(27)14-5-3-9-26(13-14)20(28)18-6-4-11-30-18/h4,6-8,11-12,14H,2-3,5,9-10,13H2,1H3,(H,25,27). The van der Waals surface area contributed by atoms with E-state index < -0.39 is 23.6 Å². The molecule has 2 amide bonds. The minimum absolute atomic E-state index is 0.00928.